The number of fused-ring (bicyclic) bond motifs is 3. The van der Waals surface area contributed by atoms with E-state index in [0.717, 1.165) is 30.4 Å². The molecule has 0 radical (unpaired) electrons. The highest BCUT2D eigenvalue weighted by molar-refractivity contribution is 5.97. The number of ether oxygens (including phenoxy) is 1. The van der Waals surface area contributed by atoms with Crippen LogP contribution in [0.15, 0.2) is 36.4 Å². The maximum Gasteiger partial charge on any atom is 0.411 e. The number of nitrogens with one attached hydrogen (secondary N) is 2. The number of benzene rings is 2. The summed E-state index contributed by atoms with van der Waals surface area (Å²) in [5.41, 5.74) is 2.64. The van der Waals surface area contributed by atoms with Gasteiger partial charge in [-0.3, -0.25) is 14.5 Å². The van der Waals surface area contributed by atoms with Crippen molar-refractivity contribution in [1.82, 2.24) is 15.5 Å². The fraction of sp³-hybridized carbons (Fsp3) is 0.467. The number of hydrogen-bond acceptors (Lipinski definition) is 5. The zero-order chi connectivity index (χ0) is 27.9. The Hall–Kier alpha value is -3.93. The average Bonchev–Trinajstić information content (AvgIpc) is 3.50. The van der Waals surface area contributed by atoms with Gasteiger partial charge in [0.2, 0.25) is 5.91 Å². The summed E-state index contributed by atoms with van der Waals surface area (Å²) in [6.45, 7) is 5.92. The second-order valence-electron chi connectivity index (χ2n) is 11.6. The zero-order valence-corrected chi connectivity index (χ0v) is 22.4. The number of likely N-dealkylation sites (tertiary alicyclic amines) is 1. The van der Waals surface area contributed by atoms with Crippen molar-refractivity contribution >= 4 is 17.9 Å². The first-order valence-electron chi connectivity index (χ1n) is 13.5. The van der Waals surface area contributed by atoms with Crippen molar-refractivity contribution in [2.45, 2.75) is 76.6 Å². The molecule has 204 valence electrons. The van der Waals surface area contributed by atoms with Crippen LogP contribution in [0.1, 0.15) is 61.5 Å². The third-order valence-corrected chi connectivity index (χ3v) is 7.77. The van der Waals surface area contributed by atoms with Gasteiger partial charge in [-0.15, -0.1) is 0 Å². The highest BCUT2D eigenvalue weighted by atomic mass is 19.1. The van der Waals surface area contributed by atoms with Crippen molar-refractivity contribution in [2.24, 2.45) is 5.92 Å². The van der Waals surface area contributed by atoms with Gasteiger partial charge >= 0.3 is 6.09 Å². The van der Waals surface area contributed by atoms with Gasteiger partial charge in [-0.2, -0.15) is 5.26 Å². The van der Waals surface area contributed by atoms with Crippen LogP contribution in [0.5, 0.6) is 0 Å². The molecule has 2 aromatic carbocycles. The maximum absolute atomic E-state index is 15.2. The molecule has 9 heteroatoms. The van der Waals surface area contributed by atoms with E-state index in [1.165, 1.54) is 11.0 Å². The molecule has 2 aliphatic heterocycles. The zero-order valence-electron chi connectivity index (χ0n) is 22.4. The first kappa shape index (κ1) is 26.7. The molecule has 2 aromatic rings. The number of halogens is 1. The van der Waals surface area contributed by atoms with Crippen molar-refractivity contribution in [3.63, 3.8) is 0 Å². The fourth-order valence-corrected chi connectivity index (χ4v) is 6.01. The van der Waals surface area contributed by atoms with Gasteiger partial charge in [0.25, 0.3) is 5.91 Å². The van der Waals surface area contributed by atoms with Crippen LogP contribution in [-0.4, -0.2) is 53.1 Å². The highest BCUT2D eigenvalue weighted by Gasteiger charge is 2.52. The Morgan fingerprint density at radius 3 is 2.67 bits per heavy atom. The summed E-state index contributed by atoms with van der Waals surface area (Å²) in [5.74, 6) is -0.975. The minimum absolute atomic E-state index is 0.00797. The van der Waals surface area contributed by atoms with Crippen LogP contribution >= 0.6 is 0 Å². The van der Waals surface area contributed by atoms with Gasteiger partial charge in [-0.1, -0.05) is 24.3 Å². The molecule has 3 aliphatic rings. The van der Waals surface area contributed by atoms with Crippen LogP contribution in [0.4, 0.5) is 9.18 Å². The van der Waals surface area contributed by atoms with Crippen LogP contribution in [-0.2, 0) is 22.4 Å². The Kier molecular flexibility index (Phi) is 7.06. The Morgan fingerprint density at radius 2 is 1.95 bits per heavy atom. The molecule has 8 nitrogen and oxygen atoms in total. The quantitative estimate of drug-likeness (QED) is 0.602. The summed E-state index contributed by atoms with van der Waals surface area (Å²) in [7, 11) is 0. The van der Waals surface area contributed by atoms with Crippen LogP contribution in [0, 0.1) is 23.1 Å². The number of nitrogens with zero attached hydrogens (tertiary/aromatic N) is 2. The number of amides is 3. The lowest BCUT2D eigenvalue weighted by atomic mass is 9.94. The number of hydrogen-bond donors (Lipinski definition) is 2. The van der Waals surface area contributed by atoms with Gasteiger partial charge in [-0.05, 0) is 86.8 Å². The Balaban J connectivity index is 1.28. The lowest BCUT2D eigenvalue weighted by Gasteiger charge is -2.35. The molecule has 1 saturated heterocycles. The molecule has 39 heavy (non-hydrogen) atoms. The molecule has 5 rings (SSSR count). The van der Waals surface area contributed by atoms with Crippen LogP contribution in [0.25, 0.3) is 11.1 Å². The molecule has 2 N–H and O–H groups in total. The number of piperidine rings is 1. The van der Waals surface area contributed by atoms with E-state index in [0.29, 0.717) is 29.7 Å². The minimum atomic E-state index is -0.959. The van der Waals surface area contributed by atoms with Gasteiger partial charge in [0.05, 0.1) is 6.07 Å². The van der Waals surface area contributed by atoms with E-state index in [-0.39, 0.29) is 24.3 Å². The lowest BCUT2D eigenvalue weighted by molar-refractivity contribution is -0.128. The van der Waals surface area contributed by atoms with Gasteiger partial charge in [0.15, 0.2) is 0 Å². The van der Waals surface area contributed by atoms with Crippen LogP contribution < -0.4 is 10.6 Å². The Labute approximate surface area is 227 Å². The van der Waals surface area contributed by atoms with E-state index in [1.807, 2.05) is 6.07 Å². The second-order valence-corrected chi connectivity index (χ2v) is 11.6. The normalized spacial score (nSPS) is 22.5. The van der Waals surface area contributed by atoms with E-state index in [2.05, 4.69) is 16.7 Å². The molecule has 4 atom stereocenters. The van der Waals surface area contributed by atoms with E-state index in [4.69, 9.17) is 4.74 Å². The molecule has 0 aromatic heterocycles. The maximum atomic E-state index is 15.2. The molecule has 2 fully saturated rings. The molecule has 3 amide bonds. The van der Waals surface area contributed by atoms with Crippen molar-refractivity contribution in [3.8, 4) is 17.2 Å². The highest BCUT2D eigenvalue weighted by Crippen LogP contribution is 2.43. The lowest BCUT2D eigenvalue weighted by Crippen LogP contribution is -2.55. The number of nitriles is 1. The molecule has 0 spiro atoms. The van der Waals surface area contributed by atoms with E-state index in [9.17, 15) is 19.6 Å². The molecular formula is C30H33FN4O4. The summed E-state index contributed by atoms with van der Waals surface area (Å²) >= 11 is 0. The fourth-order valence-electron chi connectivity index (χ4n) is 6.01. The smallest absolute Gasteiger partial charge is 0.411 e. The van der Waals surface area contributed by atoms with Crippen molar-refractivity contribution in [3.05, 3.63) is 58.9 Å². The van der Waals surface area contributed by atoms with E-state index < -0.39 is 35.5 Å². The minimum Gasteiger partial charge on any atom is -0.444 e. The standard InChI is InChI=1S/C30H33FN4O4/c1-30(2,3)39-29(38)35-23-8-6-21(14-23)26(35)28(37)34-22(16-32)13-20-5-4-18(15-25(20)31)17-7-9-24-19(12-17)10-11-33-27(24)36/h4-5,7,9,12,15,21-23,26H,6,8,10-11,13-14H2,1-3H3,(H,33,36)(H,34,37). The van der Waals surface area contributed by atoms with Gasteiger partial charge in [-0.25, -0.2) is 9.18 Å². The van der Waals surface area contributed by atoms with E-state index >= 15 is 4.39 Å². The summed E-state index contributed by atoms with van der Waals surface area (Å²) in [6, 6.07) is 10.6. The average molecular weight is 533 g/mol. The van der Waals surface area contributed by atoms with Gasteiger partial charge in [0, 0.05) is 24.6 Å². The SMILES string of the molecule is CC(C)(C)OC(=O)N1C2CCC(C2)C1C(=O)NC(C#N)Cc1ccc(-c2ccc3c(c2)CCNC3=O)cc1F. The predicted octanol–water partition coefficient (Wildman–Crippen LogP) is 4.12. The number of rotatable bonds is 5. The molecule has 2 heterocycles. The van der Waals surface area contributed by atoms with Crippen molar-refractivity contribution < 1.29 is 23.5 Å². The predicted molar refractivity (Wildman–Crippen MR) is 142 cm³/mol. The summed E-state index contributed by atoms with van der Waals surface area (Å²) in [4.78, 5) is 39.7. The molecule has 1 aliphatic carbocycles. The van der Waals surface area contributed by atoms with Crippen molar-refractivity contribution in [2.75, 3.05) is 6.54 Å². The summed E-state index contributed by atoms with van der Waals surface area (Å²) in [5, 5.41) is 15.3. The summed E-state index contributed by atoms with van der Waals surface area (Å²) < 4.78 is 20.7. The molecule has 2 bridgehead atoms. The second kappa shape index (κ2) is 10.3. The van der Waals surface area contributed by atoms with Gasteiger partial charge < -0.3 is 15.4 Å². The van der Waals surface area contributed by atoms with Crippen molar-refractivity contribution in [1.29, 1.82) is 5.26 Å². The van der Waals surface area contributed by atoms with Crippen LogP contribution in [0.2, 0.25) is 0 Å². The number of carbonyl (C=O) groups excluding carboxylic acids is 3. The third-order valence-electron chi connectivity index (χ3n) is 7.77. The first-order chi connectivity index (χ1) is 18.5. The summed E-state index contributed by atoms with van der Waals surface area (Å²) in [6.07, 6.45) is 2.58. The van der Waals surface area contributed by atoms with Gasteiger partial charge in [0.1, 0.15) is 23.5 Å². The topological polar surface area (TPSA) is 112 Å². The third kappa shape index (κ3) is 5.47. The molecule has 1 saturated carbocycles. The van der Waals surface area contributed by atoms with Crippen LogP contribution in [0.3, 0.4) is 0 Å². The first-order valence-corrected chi connectivity index (χ1v) is 13.5. The molecular weight excluding hydrogens is 499 g/mol. The Morgan fingerprint density at radius 1 is 1.21 bits per heavy atom. The monoisotopic (exact) mass is 532 g/mol. The van der Waals surface area contributed by atoms with E-state index in [1.54, 1.807) is 45.0 Å². The largest absolute Gasteiger partial charge is 0.444 e. The number of carbonyl (C=O) groups is 3. The Bertz CT molecular complexity index is 1360. The molecule has 4 unspecified atom stereocenters.